The summed E-state index contributed by atoms with van der Waals surface area (Å²) >= 11 is 0. The summed E-state index contributed by atoms with van der Waals surface area (Å²) in [7, 11) is 1.63. The number of nitrogens with one attached hydrogen (secondary N) is 1. The summed E-state index contributed by atoms with van der Waals surface area (Å²) in [4.78, 5) is 16.9. The van der Waals surface area contributed by atoms with Crippen LogP contribution in [0.4, 0.5) is 0 Å². The summed E-state index contributed by atoms with van der Waals surface area (Å²) in [5.74, 6) is 2.58. The molecule has 0 saturated carbocycles. The summed E-state index contributed by atoms with van der Waals surface area (Å²) < 4.78 is 21.9. The molecule has 1 unspecified atom stereocenters. The second-order valence-corrected chi connectivity index (χ2v) is 8.28. The average molecular weight is 466 g/mol. The molecule has 1 atom stereocenters. The molecule has 2 aromatic carbocycles. The molecule has 0 spiro atoms. The molecular weight excluding hydrogens is 434 g/mol. The minimum Gasteiger partial charge on any atom is -0.497 e. The van der Waals surface area contributed by atoms with Crippen LogP contribution in [0.5, 0.6) is 11.5 Å². The first-order valence-corrected chi connectivity index (χ1v) is 11.8. The number of amides is 1. The molecule has 8 nitrogen and oxygen atoms in total. The number of ether oxygens (including phenoxy) is 3. The highest BCUT2D eigenvalue weighted by Crippen LogP contribution is 2.20. The maximum Gasteiger partial charge on any atom is 0.251 e. The number of carbonyl (C=O) groups is 1. The van der Waals surface area contributed by atoms with E-state index in [1.807, 2.05) is 36.4 Å². The number of rotatable bonds is 12. The Morgan fingerprint density at radius 2 is 2.00 bits per heavy atom. The van der Waals surface area contributed by atoms with Crippen molar-refractivity contribution in [2.45, 2.75) is 44.6 Å². The molecule has 2 heterocycles. The number of unbranched alkanes of at least 4 members (excludes halogenated alkanes) is 2. The van der Waals surface area contributed by atoms with Gasteiger partial charge in [-0.25, -0.2) is 0 Å². The van der Waals surface area contributed by atoms with E-state index >= 15 is 0 Å². The lowest BCUT2D eigenvalue weighted by Gasteiger charge is -2.12. The Morgan fingerprint density at radius 3 is 2.79 bits per heavy atom. The lowest BCUT2D eigenvalue weighted by molar-refractivity contribution is 0.0679. The van der Waals surface area contributed by atoms with Crippen LogP contribution in [0.1, 0.15) is 48.4 Å². The molecule has 8 heteroatoms. The number of carbonyl (C=O) groups excluding carboxylic acids is 1. The van der Waals surface area contributed by atoms with Crippen molar-refractivity contribution in [2.75, 3.05) is 26.9 Å². The third kappa shape index (κ3) is 6.81. The van der Waals surface area contributed by atoms with Crippen LogP contribution >= 0.6 is 0 Å². The maximum atomic E-state index is 12.5. The van der Waals surface area contributed by atoms with Crippen LogP contribution < -0.4 is 14.8 Å². The zero-order valence-corrected chi connectivity index (χ0v) is 19.5. The molecule has 34 heavy (non-hydrogen) atoms. The highest BCUT2D eigenvalue weighted by atomic mass is 16.5. The van der Waals surface area contributed by atoms with Gasteiger partial charge in [0.25, 0.3) is 5.91 Å². The number of aryl methyl sites for hydroxylation is 1. The van der Waals surface area contributed by atoms with Crippen LogP contribution in [0, 0.1) is 0 Å². The van der Waals surface area contributed by atoms with Gasteiger partial charge in [-0.05, 0) is 68.1 Å². The van der Waals surface area contributed by atoms with E-state index in [0.29, 0.717) is 42.6 Å². The van der Waals surface area contributed by atoms with E-state index in [-0.39, 0.29) is 12.0 Å². The van der Waals surface area contributed by atoms with Crippen LogP contribution in [0.15, 0.2) is 53.1 Å². The van der Waals surface area contributed by atoms with Gasteiger partial charge in [0.1, 0.15) is 18.1 Å². The van der Waals surface area contributed by atoms with Crippen molar-refractivity contribution in [3.8, 4) is 22.9 Å². The van der Waals surface area contributed by atoms with E-state index < -0.39 is 0 Å². The number of benzene rings is 2. The van der Waals surface area contributed by atoms with E-state index in [4.69, 9.17) is 18.7 Å². The number of aromatic nitrogens is 2. The van der Waals surface area contributed by atoms with Crippen LogP contribution in [-0.4, -0.2) is 49.0 Å². The summed E-state index contributed by atoms with van der Waals surface area (Å²) in [6.45, 7) is 1.93. The minimum absolute atomic E-state index is 0.0939. The van der Waals surface area contributed by atoms with Gasteiger partial charge in [0.2, 0.25) is 11.7 Å². The van der Waals surface area contributed by atoms with Gasteiger partial charge in [-0.2, -0.15) is 4.98 Å². The molecule has 1 saturated heterocycles. The van der Waals surface area contributed by atoms with Gasteiger partial charge in [-0.1, -0.05) is 17.6 Å². The van der Waals surface area contributed by atoms with Crippen molar-refractivity contribution in [1.29, 1.82) is 0 Å². The zero-order valence-electron chi connectivity index (χ0n) is 19.5. The van der Waals surface area contributed by atoms with E-state index in [1.165, 1.54) is 0 Å². The summed E-state index contributed by atoms with van der Waals surface area (Å²) in [5.41, 5.74) is 1.49. The molecule has 0 aliphatic carbocycles. The van der Waals surface area contributed by atoms with Crippen LogP contribution in [0.25, 0.3) is 11.4 Å². The zero-order chi connectivity index (χ0) is 23.6. The molecule has 1 aliphatic heterocycles. The molecule has 1 aromatic heterocycles. The standard InChI is InChI=1S/C26H31N3O5/c1-31-21-13-11-19(12-14-21)25-28-24(34-29-25)10-3-2-4-15-27-26(30)20-7-5-8-22(17-20)33-18-23-9-6-16-32-23/h5,7-8,11-14,17,23H,2-4,6,9-10,15-16,18H2,1H3,(H,27,30). The number of nitrogens with zero attached hydrogens (tertiary/aromatic N) is 2. The molecule has 180 valence electrons. The van der Waals surface area contributed by atoms with Crippen molar-refractivity contribution >= 4 is 5.91 Å². The fraction of sp³-hybridized carbons (Fsp3) is 0.423. The second-order valence-electron chi connectivity index (χ2n) is 8.28. The van der Waals surface area contributed by atoms with Crippen molar-refractivity contribution < 1.29 is 23.5 Å². The molecule has 1 amide bonds. The quantitative estimate of drug-likeness (QED) is 0.395. The van der Waals surface area contributed by atoms with Crippen LogP contribution in [-0.2, 0) is 11.2 Å². The first-order chi connectivity index (χ1) is 16.7. The van der Waals surface area contributed by atoms with Crippen molar-refractivity contribution in [3.05, 3.63) is 60.0 Å². The fourth-order valence-corrected chi connectivity index (χ4v) is 3.79. The molecule has 4 rings (SSSR count). The van der Waals surface area contributed by atoms with E-state index in [0.717, 1.165) is 50.0 Å². The fourth-order valence-electron chi connectivity index (χ4n) is 3.79. The van der Waals surface area contributed by atoms with Gasteiger partial charge in [-0.3, -0.25) is 4.79 Å². The van der Waals surface area contributed by atoms with Crippen LogP contribution in [0.2, 0.25) is 0 Å². The molecule has 3 aromatic rings. The van der Waals surface area contributed by atoms with Gasteiger partial charge in [0, 0.05) is 30.7 Å². The normalized spacial score (nSPS) is 15.3. The number of hydrogen-bond acceptors (Lipinski definition) is 7. The Bertz CT molecular complexity index is 1040. The van der Waals surface area contributed by atoms with Crippen LogP contribution in [0.3, 0.4) is 0 Å². The second kappa shape index (κ2) is 12.2. The highest BCUT2D eigenvalue weighted by Gasteiger charge is 2.16. The Balaban J connectivity index is 1.13. The smallest absolute Gasteiger partial charge is 0.251 e. The largest absolute Gasteiger partial charge is 0.497 e. The van der Waals surface area contributed by atoms with E-state index in [2.05, 4.69) is 15.5 Å². The van der Waals surface area contributed by atoms with E-state index in [1.54, 1.807) is 19.2 Å². The number of methoxy groups -OCH3 is 1. The molecule has 0 radical (unpaired) electrons. The molecule has 1 fully saturated rings. The topological polar surface area (TPSA) is 95.7 Å². The molecule has 1 aliphatic rings. The van der Waals surface area contributed by atoms with Crippen molar-refractivity contribution in [3.63, 3.8) is 0 Å². The lowest BCUT2D eigenvalue weighted by Crippen LogP contribution is -2.24. The number of hydrogen-bond donors (Lipinski definition) is 1. The molecular formula is C26H31N3O5. The third-order valence-electron chi connectivity index (χ3n) is 5.73. The highest BCUT2D eigenvalue weighted by molar-refractivity contribution is 5.94. The predicted octanol–water partition coefficient (Wildman–Crippen LogP) is 4.45. The Labute approximate surface area is 199 Å². The monoisotopic (exact) mass is 465 g/mol. The SMILES string of the molecule is COc1ccc(-c2noc(CCCCCNC(=O)c3cccc(OCC4CCCO4)c3)n2)cc1. The Kier molecular flexibility index (Phi) is 8.51. The predicted molar refractivity (Wildman–Crippen MR) is 127 cm³/mol. The first-order valence-electron chi connectivity index (χ1n) is 11.8. The maximum absolute atomic E-state index is 12.5. The van der Waals surface area contributed by atoms with Gasteiger partial charge < -0.3 is 24.1 Å². The first kappa shape index (κ1) is 23.8. The van der Waals surface area contributed by atoms with Gasteiger partial charge >= 0.3 is 0 Å². The van der Waals surface area contributed by atoms with Crippen molar-refractivity contribution in [2.24, 2.45) is 0 Å². The molecule has 0 bridgehead atoms. The minimum atomic E-state index is -0.0939. The summed E-state index contributed by atoms with van der Waals surface area (Å²) in [6.07, 6.45) is 5.70. The summed E-state index contributed by atoms with van der Waals surface area (Å²) in [6, 6.07) is 14.8. The van der Waals surface area contributed by atoms with Gasteiger partial charge in [0.05, 0.1) is 13.2 Å². The van der Waals surface area contributed by atoms with Gasteiger partial charge in [-0.15, -0.1) is 0 Å². The average Bonchev–Trinajstić information content (AvgIpc) is 3.57. The lowest BCUT2D eigenvalue weighted by atomic mass is 10.1. The molecule has 1 N–H and O–H groups in total. The van der Waals surface area contributed by atoms with Gasteiger partial charge in [0.15, 0.2) is 0 Å². The Morgan fingerprint density at radius 1 is 1.12 bits per heavy atom. The summed E-state index contributed by atoms with van der Waals surface area (Å²) in [5, 5.41) is 7.03. The third-order valence-corrected chi connectivity index (χ3v) is 5.73. The van der Waals surface area contributed by atoms with Crippen molar-refractivity contribution in [1.82, 2.24) is 15.5 Å². The van der Waals surface area contributed by atoms with E-state index in [9.17, 15) is 4.79 Å². The Hall–Kier alpha value is -3.39.